The summed E-state index contributed by atoms with van der Waals surface area (Å²) in [4.78, 5) is 24.9. The number of H-pyrrole nitrogens is 1. The number of nitrogens with zero attached hydrogens (tertiary/aromatic N) is 3. The van der Waals surface area contributed by atoms with E-state index >= 15 is 0 Å². The lowest BCUT2D eigenvalue weighted by Crippen LogP contribution is -2.39. The first-order valence-electron chi connectivity index (χ1n) is 7.19. The molecule has 1 fully saturated rings. The van der Waals surface area contributed by atoms with E-state index in [4.69, 9.17) is 0 Å². The SMILES string of the molecule is O=C(c1ccccc1[N+](=O)[O-])N1CCC[C@@H](c2ccn[nH]2)C1. The van der Waals surface area contributed by atoms with Crippen molar-refractivity contribution in [1.29, 1.82) is 0 Å². The number of piperidine rings is 1. The van der Waals surface area contributed by atoms with Crippen LogP contribution in [0.5, 0.6) is 0 Å². The Morgan fingerprint density at radius 2 is 2.18 bits per heavy atom. The summed E-state index contributed by atoms with van der Waals surface area (Å²) in [7, 11) is 0. The van der Waals surface area contributed by atoms with Gasteiger partial charge >= 0.3 is 0 Å². The van der Waals surface area contributed by atoms with Crippen LogP contribution in [0.1, 0.15) is 34.8 Å². The number of nitro groups is 1. The minimum absolute atomic E-state index is 0.142. The van der Waals surface area contributed by atoms with Crippen molar-refractivity contribution in [3.63, 3.8) is 0 Å². The Morgan fingerprint density at radius 3 is 2.91 bits per heavy atom. The number of aromatic nitrogens is 2. The molecule has 3 rings (SSSR count). The van der Waals surface area contributed by atoms with Gasteiger partial charge in [0.1, 0.15) is 5.56 Å². The predicted octanol–water partition coefficient (Wildman–Crippen LogP) is 2.34. The van der Waals surface area contributed by atoms with Gasteiger partial charge in [0, 0.05) is 37.0 Å². The van der Waals surface area contributed by atoms with Crippen LogP contribution in [0.4, 0.5) is 5.69 Å². The van der Waals surface area contributed by atoms with E-state index in [1.807, 2.05) is 6.07 Å². The van der Waals surface area contributed by atoms with Crippen LogP contribution in [0.15, 0.2) is 36.5 Å². The number of carbonyl (C=O) groups is 1. The second kappa shape index (κ2) is 5.97. The standard InChI is InChI=1S/C15H16N4O3/c20-15(12-5-1-2-6-14(12)19(21)22)18-9-3-4-11(10-18)13-7-8-16-17-13/h1-2,5-8,11H,3-4,9-10H2,(H,16,17)/t11-/m1/s1. The summed E-state index contributed by atoms with van der Waals surface area (Å²) in [5.41, 5.74) is 1.01. The minimum atomic E-state index is -0.510. The fourth-order valence-corrected chi connectivity index (χ4v) is 2.89. The van der Waals surface area contributed by atoms with E-state index < -0.39 is 4.92 Å². The van der Waals surface area contributed by atoms with E-state index in [1.165, 1.54) is 12.1 Å². The number of amides is 1. The smallest absolute Gasteiger partial charge is 0.282 e. The Bertz CT molecular complexity index is 684. The molecule has 1 aliphatic heterocycles. The van der Waals surface area contributed by atoms with Crippen molar-refractivity contribution >= 4 is 11.6 Å². The van der Waals surface area contributed by atoms with Crippen molar-refractivity contribution in [3.8, 4) is 0 Å². The highest BCUT2D eigenvalue weighted by Gasteiger charge is 2.29. The van der Waals surface area contributed by atoms with Crippen LogP contribution in [0.2, 0.25) is 0 Å². The summed E-state index contributed by atoms with van der Waals surface area (Å²) in [5, 5.41) is 18.0. The number of nitrogens with one attached hydrogen (secondary N) is 1. The number of nitro benzene ring substituents is 1. The van der Waals surface area contributed by atoms with Gasteiger partial charge in [-0.2, -0.15) is 5.10 Å². The molecule has 0 aliphatic carbocycles. The molecule has 1 aromatic heterocycles. The molecule has 1 amide bonds. The topological polar surface area (TPSA) is 92.1 Å². The van der Waals surface area contributed by atoms with Crippen molar-refractivity contribution in [2.24, 2.45) is 0 Å². The first kappa shape index (κ1) is 14.2. The van der Waals surface area contributed by atoms with Gasteiger partial charge < -0.3 is 4.90 Å². The minimum Gasteiger partial charge on any atom is -0.338 e. The lowest BCUT2D eigenvalue weighted by molar-refractivity contribution is -0.385. The number of aromatic amines is 1. The number of para-hydroxylation sites is 1. The van der Waals surface area contributed by atoms with Crippen LogP contribution in [-0.2, 0) is 0 Å². The van der Waals surface area contributed by atoms with E-state index in [2.05, 4.69) is 10.2 Å². The molecule has 2 heterocycles. The number of rotatable bonds is 3. The summed E-state index contributed by atoms with van der Waals surface area (Å²) < 4.78 is 0. The maximum absolute atomic E-state index is 12.6. The van der Waals surface area contributed by atoms with Gasteiger partial charge in [-0.05, 0) is 25.0 Å². The van der Waals surface area contributed by atoms with Crippen LogP contribution in [0, 0.1) is 10.1 Å². The molecule has 1 aliphatic rings. The molecular formula is C15H16N4O3. The summed E-state index contributed by atoms with van der Waals surface area (Å²) in [6.45, 7) is 1.17. The zero-order valence-electron chi connectivity index (χ0n) is 11.9. The van der Waals surface area contributed by atoms with Gasteiger partial charge in [0.25, 0.3) is 11.6 Å². The van der Waals surface area contributed by atoms with Crippen molar-refractivity contribution in [2.75, 3.05) is 13.1 Å². The number of likely N-dealkylation sites (tertiary alicyclic amines) is 1. The Hall–Kier alpha value is -2.70. The van der Waals surface area contributed by atoms with Crippen LogP contribution in [-0.4, -0.2) is 39.0 Å². The third-order valence-corrected chi connectivity index (χ3v) is 4.00. The molecule has 0 saturated carbocycles. The molecular weight excluding hydrogens is 284 g/mol. The summed E-state index contributed by atoms with van der Waals surface area (Å²) in [6, 6.07) is 8.00. The van der Waals surface area contributed by atoms with E-state index in [0.717, 1.165) is 18.5 Å². The predicted molar refractivity (Wildman–Crippen MR) is 79.6 cm³/mol. The highest BCUT2D eigenvalue weighted by molar-refractivity contribution is 5.98. The molecule has 1 N–H and O–H groups in total. The quantitative estimate of drug-likeness (QED) is 0.695. The Morgan fingerprint density at radius 1 is 1.36 bits per heavy atom. The third-order valence-electron chi connectivity index (χ3n) is 4.00. The second-order valence-corrected chi connectivity index (χ2v) is 5.38. The molecule has 22 heavy (non-hydrogen) atoms. The molecule has 0 bridgehead atoms. The molecule has 1 atom stereocenters. The van der Waals surface area contributed by atoms with Crippen molar-refractivity contribution in [1.82, 2.24) is 15.1 Å². The Labute approximate surface area is 127 Å². The average molecular weight is 300 g/mol. The fourth-order valence-electron chi connectivity index (χ4n) is 2.89. The Balaban J connectivity index is 1.82. The first-order chi connectivity index (χ1) is 10.7. The molecule has 2 aromatic rings. The van der Waals surface area contributed by atoms with Gasteiger partial charge in [0.15, 0.2) is 0 Å². The summed E-state index contributed by atoms with van der Waals surface area (Å²) in [6.07, 6.45) is 3.54. The van der Waals surface area contributed by atoms with E-state index in [9.17, 15) is 14.9 Å². The number of benzene rings is 1. The zero-order valence-corrected chi connectivity index (χ0v) is 11.9. The largest absolute Gasteiger partial charge is 0.338 e. The highest BCUT2D eigenvalue weighted by Crippen LogP contribution is 2.28. The monoisotopic (exact) mass is 300 g/mol. The number of hydrogen-bond acceptors (Lipinski definition) is 4. The molecule has 1 aromatic carbocycles. The van der Waals surface area contributed by atoms with Crippen molar-refractivity contribution in [2.45, 2.75) is 18.8 Å². The third kappa shape index (κ3) is 2.69. The van der Waals surface area contributed by atoms with Crippen LogP contribution < -0.4 is 0 Å². The van der Waals surface area contributed by atoms with E-state index in [0.29, 0.717) is 13.1 Å². The van der Waals surface area contributed by atoms with Gasteiger partial charge in [-0.1, -0.05) is 12.1 Å². The van der Waals surface area contributed by atoms with E-state index in [-0.39, 0.29) is 23.1 Å². The molecule has 7 heteroatoms. The number of carbonyl (C=O) groups excluding carboxylic acids is 1. The van der Waals surface area contributed by atoms with E-state index in [1.54, 1.807) is 23.2 Å². The fraction of sp³-hybridized carbons (Fsp3) is 0.333. The van der Waals surface area contributed by atoms with Gasteiger partial charge in [-0.15, -0.1) is 0 Å². The van der Waals surface area contributed by atoms with Gasteiger partial charge in [-0.3, -0.25) is 20.0 Å². The summed E-state index contributed by atoms with van der Waals surface area (Å²) in [5.74, 6) is -0.0838. The molecule has 1 saturated heterocycles. The second-order valence-electron chi connectivity index (χ2n) is 5.38. The zero-order chi connectivity index (χ0) is 15.5. The molecule has 0 spiro atoms. The summed E-state index contributed by atoms with van der Waals surface area (Å²) >= 11 is 0. The molecule has 0 unspecified atom stereocenters. The van der Waals surface area contributed by atoms with Crippen molar-refractivity contribution < 1.29 is 9.72 Å². The van der Waals surface area contributed by atoms with Gasteiger partial charge in [0.05, 0.1) is 4.92 Å². The maximum Gasteiger partial charge on any atom is 0.282 e. The highest BCUT2D eigenvalue weighted by atomic mass is 16.6. The Kier molecular flexibility index (Phi) is 3.86. The average Bonchev–Trinajstić information content (AvgIpc) is 3.09. The normalized spacial score (nSPS) is 18.2. The van der Waals surface area contributed by atoms with Crippen LogP contribution in [0.3, 0.4) is 0 Å². The molecule has 0 radical (unpaired) electrons. The van der Waals surface area contributed by atoms with Crippen LogP contribution >= 0.6 is 0 Å². The lowest BCUT2D eigenvalue weighted by Gasteiger charge is -2.32. The maximum atomic E-state index is 12.6. The van der Waals surface area contributed by atoms with Crippen molar-refractivity contribution in [3.05, 3.63) is 57.9 Å². The molecule has 114 valence electrons. The molecule has 7 nitrogen and oxygen atoms in total. The first-order valence-corrected chi connectivity index (χ1v) is 7.19. The van der Waals surface area contributed by atoms with Gasteiger partial charge in [-0.25, -0.2) is 0 Å². The lowest BCUT2D eigenvalue weighted by atomic mass is 9.94. The number of hydrogen-bond donors (Lipinski definition) is 1. The van der Waals surface area contributed by atoms with Crippen LogP contribution in [0.25, 0.3) is 0 Å². The van der Waals surface area contributed by atoms with Gasteiger partial charge in [0.2, 0.25) is 0 Å².